The largest absolute Gasteiger partial charge is 0.349 e. The van der Waals surface area contributed by atoms with Gasteiger partial charge < -0.3 is 5.32 Å². The molecule has 3 rings (SSSR count). The van der Waals surface area contributed by atoms with Crippen molar-refractivity contribution in [3.05, 3.63) is 72.8 Å². The summed E-state index contributed by atoms with van der Waals surface area (Å²) in [5.41, 5.74) is 6.61. The average Bonchev–Trinajstić information content (AvgIpc) is 3.33. The number of carbonyl (C=O) groups excluding carboxylic acids is 2. The van der Waals surface area contributed by atoms with E-state index in [1.165, 1.54) is 4.68 Å². The van der Waals surface area contributed by atoms with E-state index in [1.807, 2.05) is 45.9 Å². The molecule has 0 bridgehead atoms. The summed E-state index contributed by atoms with van der Waals surface area (Å²) in [6.45, 7) is 11.2. The molecule has 0 saturated heterocycles. The van der Waals surface area contributed by atoms with E-state index >= 15 is 0 Å². The molecule has 2 amide bonds. The van der Waals surface area contributed by atoms with Gasteiger partial charge in [-0.3, -0.25) is 19.5 Å². The van der Waals surface area contributed by atoms with Crippen LogP contribution in [0.4, 0.5) is 0 Å². The van der Waals surface area contributed by atoms with E-state index in [4.69, 9.17) is 0 Å². The molecule has 0 aliphatic carbocycles. The fraction of sp³-hybridized carbons (Fsp3) is 0.304. The van der Waals surface area contributed by atoms with Crippen LogP contribution in [0.1, 0.15) is 62.5 Å². The molecule has 2 heterocycles. The summed E-state index contributed by atoms with van der Waals surface area (Å²) < 4.78 is 1.47. The first-order chi connectivity index (χ1) is 15.1. The van der Waals surface area contributed by atoms with Crippen molar-refractivity contribution in [1.29, 1.82) is 0 Å². The molecule has 3 N–H and O–H groups in total. The van der Waals surface area contributed by atoms with Gasteiger partial charge in [0.1, 0.15) is 0 Å². The number of benzene rings is 1. The summed E-state index contributed by atoms with van der Waals surface area (Å²) in [6, 6.07) is 8.97. The molecule has 1 aromatic carbocycles. The Hall–Kier alpha value is -3.46. The number of hydrogen-bond acceptors (Lipinski definition) is 5. The summed E-state index contributed by atoms with van der Waals surface area (Å²) in [7, 11) is 0. The van der Waals surface area contributed by atoms with Gasteiger partial charge in [0.2, 0.25) is 0 Å². The molecule has 9 heteroatoms. The van der Waals surface area contributed by atoms with Crippen LogP contribution in [0.25, 0.3) is 5.69 Å². The van der Waals surface area contributed by atoms with Crippen LogP contribution in [0.15, 0.2) is 40.2 Å². The zero-order valence-electron chi connectivity index (χ0n) is 19.0. The third kappa shape index (κ3) is 4.88. The lowest BCUT2D eigenvalue weighted by Crippen LogP contribution is -2.29. The molecule has 0 saturated carbocycles. The van der Waals surface area contributed by atoms with E-state index in [1.54, 1.807) is 26.0 Å². The minimum Gasteiger partial charge on any atom is -0.349 e. The summed E-state index contributed by atoms with van der Waals surface area (Å²) in [6.07, 6.45) is 0. The van der Waals surface area contributed by atoms with E-state index < -0.39 is 5.91 Å². The van der Waals surface area contributed by atoms with Crippen molar-refractivity contribution in [3.8, 4) is 5.69 Å². The van der Waals surface area contributed by atoms with E-state index in [2.05, 4.69) is 20.9 Å². The van der Waals surface area contributed by atoms with Crippen LogP contribution in [0.5, 0.6) is 0 Å². The van der Waals surface area contributed by atoms with Crippen molar-refractivity contribution in [2.24, 2.45) is 5.10 Å². The van der Waals surface area contributed by atoms with Gasteiger partial charge >= 0.3 is 0 Å². The second-order valence-corrected chi connectivity index (χ2v) is 9.03. The fourth-order valence-corrected chi connectivity index (χ4v) is 3.98. The Morgan fingerprint density at radius 2 is 1.69 bits per heavy atom. The molecule has 0 unspecified atom stereocenters. The first kappa shape index (κ1) is 23.2. The second kappa shape index (κ2) is 9.35. The van der Waals surface area contributed by atoms with Gasteiger partial charge in [-0.25, -0.2) is 10.1 Å². The number of nitrogens with zero attached hydrogens (tertiary/aromatic N) is 2. The van der Waals surface area contributed by atoms with Gasteiger partial charge in [0.15, 0.2) is 0 Å². The van der Waals surface area contributed by atoms with Crippen LogP contribution in [-0.2, 0) is 0 Å². The van der Waals surface area contributed by atoms with Crippen LogP contribution in [0.2, 0.25) is 0 Å². The Kier molecular flexibility index (Phi) is 6.78. The molecule has 0 aliphatic rings. The number of amides is 2. The maximum atomic E-state index is 13.0. The molecule has 0 atom stereocenters. The topological polar surface area (TPSA) is 108 Å². The van der Waals surface area contributed by atoms with Crippen molar-refractivity contribution in [3.63, 3.8) is 0 Å². The normalized spacial score (nSPS) is 11.7. The van der Waals surface area contributed by atoms with E-state index in [9.17, 15) is 14.4 Å². The highest BCUT2D eigenvalue weighted by molar-refractivity contribution is 7.15. The van der Waals surface area contributed by atoms with Crippen LogP contribution in [-0.4, -0.2) is 33.3 Å². The summed E-state index contributed by atoms with van der Waals surface area (Å²) in [5, 5.41) is 9.99. The third-order valence-corrected chi connectivity index (χ3v) is 6.06. The Bertz CT molecular complexity index is 1260. The number of hydrazone groups is 1. The predicted octanol–water partition coefficient (Wildman–Crippen LogP) is 3.44. The number of nitrogens with one attached hydrogen (secondary N) is 3. The molecule has 32 heavy (non-hydrogen) atoms. The summed E-state index contributed by atoms with van der Waals surface area (Å²) >= 11 is 1.08. The number of aryl methyl sites for hydroxylation is 3. The Labute approximate surface area is 190 Å². The van der Waals surface area contributed by atoms with Gasteiger partial charge in [-0.1, -0.05) is 6.07 Å². The average molecular weight is 454 g/mol. The van der Waals surface area contributed by atoms with Crippen molar-refractivity contribution >= 4 is 28.9 Å². The zero-order valence-corrected chi connectivity index (χ0v) is 19.8. The molecule has 0 aliphatic heterocycles. The summed E-state index contributed by atoms with van der Waals surface area (Å²) in [4.78, 5) is 38.4. The quantitative estimate of drug-likeness (QED) is 0.393. The Balaban J connectivity index is 1.79. The maximum Gasteiger partial charge on any atom is 0.281 e. The van der Waals surface area contributed by atoms with Crippen molar-refractivity contribution in [1.82, 2.24) is 20.5 Å². The van der Waals surface area contributed by atoms with E-state index in [0.717, 1.165) is 28.2 Å². The lowest BCUT2D eigenvalue weighted by Gasteiger charge is -2.05. The highest BCUT2D eigenvalue weighted by atomic mass is 32.1. The number of aromatic nitrogens is 2. The van der Waals surface area contributed by atoms with E-state index in [0.29, 0.717) is 26.7 Å². The first-order valence-corrected chi connectivity index (χ1v) is 11.0. The first-order valence-electron chi connectivity index (χ1n) is 10.2. The Morgan fingerprint density at radius 3 is 2.31 bits per heavy atom. The number of hydrogen-bond donors (Lipinski definition) is 3. The minimum atomic E-state index is -0.444. The number of rotatable bonds is 6. The van der Waals surface area contributed by atoms with Crippen molar-refractivity contribution < 1.29 is 9.59 Å². The SMILES string of the molecule is CC(=NNC(=O)c1ccc(C(=O)NC(C)C)s1)c1c(C)[nH]n(-c2ccc(C)c(C)c2)c1=O. The van der Waals surface area contributed by atoms with Gasteiger partial charge in [-0.15, -0.1) is 11.3 Å². The predicted molar refractivity (Wildman–Crippen MR) is 127 cm³/mol. The number of carbonyl (C=O) groups is 2. The minimum absolute atomic E-state index is 0.00610. The third-order valence-electron chi connectivity index (χ3n) is 4.98. The van der Waals surface area contributed by atoms with E-state index in [-0.39, 0.29) is 17.5 Å². The monoisotopic (exact) mass is 453 g/mol. The molecule has 0 spiro atoms. The van der Waals surface area contributed by atoms with Gasteiger partial charge in [-0.05, 0) is 76.9 Å². The van der Waals surface area contributed by atoms with Gasteiger partial charge in [0.05, 0.1) is 26.7 Å². The lowest BCUT2D eigenvalue weighted by atomic mass is 10.1. The lowest BCUT2D eigenvalue weighted by molar-refractivity contribution is 0.0944. The molecule has 3 aromatic rings. The van der Waals surface area contributed by atoms with Crippen LogP contribution in [0, 0.1) is 20.8 Å². The second-order valence-electron chi connectivity index (χ2n) is 7.95. The van der Waals surface area contributed by atoms with Crippen molar-refractivity contribution in [2.75, 3.05) is 0 Å². The number of thiophene rings is 1. The molecular weight excluding hydrogens is 426 g/mol. The van der Waals surface area contributed by atoms with Crippen LogP contribution in [0.3, 0.4) is 0 Å². The highest BCUT2D eigenvalue weighted by Gasteiger charge is 2.17. The van der Waals surface area contributed by atoms with Gasteiger partial charge in [0, 0.05) is 11.7 Å². The highest BCUT2D eigenvalue weighted by Crippen LogP contribution is 2.17. The Morgan fingerprint density at radius 1 is 1.03 bits per heavy atom. The molecule has 8 nitrogen and oxygen atoms in total. The van der Waals surface area contributed by atoms with Gasteiger partial charge in [0.25, 0.3) is 17.4 Å². The molecule has 0 radical (unpaired) electrons. The molecule has 0 fully saturated rings. The zero-order chi connectivity index (χ0) is 23.6. The number of H-pyrrole nitrogens is 1. The number of aromatic amines is 1. The molecular formula is C23H27N5O3S. The summed E-state index contributed by atoms with van der Waals surface area (Å²) in [5.74, 6) is -0.667. The van der Waals surface area contributed by atoms with Crippen molar-refractivity contribution in [2.45, 2.75) is 47.6 Å². The maximum absolute atomic E-state index is 13.0. The van der Waals surface area contributed by atoms with Crippen LogP contribution >= 0.6 is 11.3 Å². The fourth-order valence-electron chi connectivity index (χ4n) is 3.18. The smallest absolute Gasteiger partial charge is 0.281 e. The molecule has 2 aromatic heterocycles. The molecule has 168 valence electrons. The van der Waals surface area contributed by atoms with Crippen LogP contribution < -0.4 is 16.3 Å². The van der Waals surface area contributed by atoms with Gasteiger partial charge in [-0.2, -0.15) is 5.10 Å². The standard InChI is InChI=1S/C23H27N5O3S/c1-12(2)24-21(29)18-9-10-19(32-18)22(30)26-25-15(5)20-16(6)27-28(23(20)31)17-8-7-13(3)14(4)11-17/h7-12,27H,1-6H3,(H,24,29)(H,26,30).